The molecule has 4 nitrogen and oxygen atoms in total. The van der Waals surface area contributed by atoms with Crippen LogP contribution in [0.25, 0.3) is 0 Å². The van der Waals surface area contributed by atoms with Gasteiger partial charge in [-0.2, -0.15) is 0 Å². The Bertz CT molecular complexity index is 394. The molecule has 1 aromatic rings. The van der Waals surface area contributed by atoms with E-state index >= 15 is 0 Å². The maximum Gasteiger partial charge on any atom is 0.311 e. The number of aliphatic carboxylic acids is 1. The summed E-state index contributed by atoms with van der Waals surface area (Å²) in [6, 6.07) is 5.66. The first kappa shape index (κ1) is 12.0. The van der Waals surface area contributed by atoms with Crippen LogP contribution in [0, 0.1) is 5.41 Å². The van der Waals surface area contributed by atoms with E-state index < -0.39 is 11.4 Å². The fourth-order valence-corrected chi connectivity index (χ4v) is 2.61. The number of pyridine rings is 1. The average molecular weight is 234 g/mol. The van der Waals surface area contributed by atoms with Gasteiger partial charge in [-0.05, 0) is 38.6 Å². The lowest BCUT2D eigenvalue weighted by atomic mass is 9.76. The smallest absolute Gasteiger partial charge is 0.311 e. The van der Waals surface area contributed by atoms with E-state index in [4.69, 9.17) is 0 Å². The molecule has 1 atom stereocenters. The van der Waals surface area contributed by atoms with Crippen molar-refractivity contribution in [2.24, 2.45) is 5.41 Å². The Hall–Kier alpha value is -1.42. The number of carbonyl (C=O) groups is 1. The molecule has 17 heavy (non-hydrogen) atoms. The minimum Gasteiger partial charge on any atom is -0.481 e. The molecule has 1 aliphatic rings. The van der Waals surface area contributed by atoms with Crippen molar-refractivity contribution < 1.29 is 9.90 Å². The van der Waals surface area contributed by atoms with Crippen molar-refractivity contribution >= 4 is 5.97 Å². The SMILES string of the molecule is CN1CCCC(Cc2ccccn2)(C(=O)O)C1. The molecule has 0 bridgehead atoms. The topological polar surface area (TPSA) is 53.4 Å². The number of piperidine rings is 1. The van der Waals surface area contributed by atoms with Crippen LogP contribution in [0.2, 0.25) is 0 Å². The molecule has 0 aliphatic carbocycles. The second-order valence-electron chi connectivity index (χ2n) is 4.92. The molecule has 0 saturated carbocycles. The number of carboxylic acids is 1. The molecule has 1 saturated heterocycles. The first-order valence-corrected chi connectivity index (χ1v) is 5.94. The number of carboxylic acid groups (broad SMARTS) is 1. The Morgan fingerprint density at radius 1 is 1.59 bits per heavy atom. The van der Waals surface area contributed by atoms with E-state index in [9.17, 15) is 9.90 Å². The third kappa shape index (κ3) is 2.64. The normalized spacial score (nSPS) is 25.7. The zero-order valence-corrected chi connectivity index (χ0v) is 10.1. The van der Waals surface area contributed by atoms with E-state index in [0.717, 1.165) is 25.1 Å². The third-order valence-electron chi connectivity index (χ3n) is 3.47. The van der Waals surface area contributed by atoms with Gasteiger partial charge < -0.3 is 10.0 Å². The lowest BCUT2D eigenvalue weighted by molar-refractivity contribution is -0.152. The molecular formula is C13H18N2O2. The molecule has 1 fully saturated rings. The van der Waals surface area contributed by atoms with Crippen LogP contribution in [-0.4, -0.2) is 41.1 Å². The Morgan fingerprint density at radius 3 is 3.00 bits per heavy atom. The van der Waals surface area contributed by atoms with E-state index in [2.05, 4.69) is 9.88 Å². The summed E-state index contributed by atoms with van der Waals surface area (Å²) < 4.78 is 0. The Balaban J connectivity index is 2.20. The first-order chi connectivity index (χ1) is 8.12. The van der Waals surface area contributed by atoms with Crippen molar-refractivity contribution in [2.45, 2.75) is 19.3 Å². The van der Waals surface area contributed by atoms with E-state index in [1.165, 1.54) is 0 Å². The predicted molar refractivity (Wildman–Crippen MR) is 64.7 cm³/mol. The minimum absolute atomic E-state index is 0.521. The molecular weight excluding hydrogens is 216 g/mol. The minimum atomic E-state index is -0.699. The van der Waals surface area contributed by atoms with Gasteiger partial charge in [0.15, 0.2) is 0 Å². The number of nitrogens with zero attached hydrogens (tertiary/aromatic N) is 2. The van der Waals surface area contributed by atoms with Crippen LogP contribution in [0.4, 0.5) is 0 Å². The molecule has 4 heteroatoms. The van der Waals surface area contributed by atoms with Gasteiger partial charge in [0.1, 0.15) is 0 Å². The van der Waals surface area contributed by atoms with E-state index in [-0.39, 0.29) is 0 Å². The van der Waals surface area contributed by atoms with Gasteiger partial charge in [0.2, 0.25) is 0 Å². The molecule has 1 aliphatic heterocycles. The number of hydrogen-bond donors (Lipinski definition) is 1. The van der Waals surface area contributed by atoms with Gasteiger partial charge in [-0.25, -0.2) is 0 Å². The van der Waals surface area contributed by atoms with Crippen molar-refractivity contribution in [3.8, 4) is 0 Å². The summed E-state index contributed by atoms with van der Waals surface area (Å²) >= 11 is 0. The summed E-state index contributed by atoms with van der Waals surface area (Å²) in [5.41, 5.74) is 0.201. The Kier molecular flexibility index (Phi) is 3.43. The number of rotatable bonds is 3. The summed E-state index contributed by atoms with van der Waals surface area (Å²) in [7, 11) is 1.98. The van der Waals surface area contributed by atoms with Crippen LogP contribution in [0.1, 0.15) is 18.5 Å². The van der Waals surface area contributed by atoms with Gasteiger partial charge >= 0.3 is 5.97 Å². The molecule has 1 N–H and O–H groups in total. The van der Waals surface area contributed by atoms with Crippen LogP contribution in [0.15, 0.2) is 24.4 Å². The lowest BCUT2D eigenvalue weighted by Crippen LogP contribution is -2.47. The second kappa shape index (κ2) is 4.84. The van der Waals surface area contributed by atoms with Gasteiger partial charge in [-0.1, -0.05) is 6.07 Å². The van der Waals surface area contributed by atoms with Gasteiger partial charge in [-0.3, -0.25) is 9.78 Å². The largest absolute Gasteiger partial charge is 0.481 e. The number of aromatic nitrogens is 1. The first-order valence-electron chi connectivity index (χ1n) is 5.94. The molecule has 0 spiro atoms. The van der Waals surface area contributed by atoms with Crippen molar-refractivity contribution in [3.63, 3.8) is 0 Å². The highest BCUT2D eigenvalue weighted by molar-refractivity contribution is 5.75. The van der Waals surface area contributed by atoms with Crippen molar-refractivity contribution in [1.82, 2.24) is 9.88 Å². The van der Waals surface area contributed by atoms with Crippen LogP contribution in [0.3, 0.4) is 0 Å². The van der Waals surface area contributed by atoms with Crippen LogP contribution >= 0.6 is 0 Å². The molecule has 0 aromatic carbocycles. The lowest BCUT2D eigenvalue weighted by Gasteiger charge is -2.38. The van der Waals surface area contributed by atoms with Gasteiger partial charge in [0.05, 0.1) is 5.41 Å². The molecule has 2 heterocycles. The summed E-state index contributed by atoms with van der Waals surface area (Å²) in [6.45, 7) is 1.59. The highest BCUT2D eigenvalue weighted by Gasteiger charge is 2.41. The van der Waals surface area contributed by atoms with Crippen molar-refractivity contribution in [3.05, 3.63) is 30.1 Å². The molecule has 0 radical (unpaired) electrons. The average Bonchev–Trinajstić information content (AvgIpc) is 2.30. The highest BCUT2D eigenvalue weighted by Crippen LogP contribution is 2.33. The zero-order chi connectivity index (χ0) is 12.3. The Labute approximate surface area is 101 Å². The maximum absolute atomic E-state index is 11.6. The van der Waals surface area contributed by atoms with E-state index in [1.54, 1.807) is 6.20 Å². The Morgan fingerprint density at radius 2 is 2.41 bits per heavy atom. The quantitative estimate of drug-likeness (QED) is 0.859. The van der Waals surface area contributed by atoms with Crippen LogP contribution in [-0.2, 0) is 11.2 Å². The molecule has 1 aromatic heterocycles. The fourth-order valence-electron chi connectivity index (χ4n) is 2.61. The van der Waals surface area contributed by atoms with E-state index in [1.807, 2.05) is 25.2 Å². The van der Waals surface area contributed by atoms with Crippen LogP contribution < -0.4 is 0 Å². The molecule has 92 valence electrons. The summed E-state index contributed by atoms with van der Waals surface area (Å²) in [5, 5.41) is 9.51. The van der Waals surface area contributed by atoms with Gasteiger partial charge in [0, 0.05) is 24.9 Å². The number of hydrogen-bond acceptors (Lipinski definition) is 3. The zero-order valence-electron chi connectivity index (χ0n) is 10.1. The summed E-state index contributed by atoms with van der Waals surface area (Å²) in [4.78, 5) is 17.9. The van der Waals surface area contributed by atoms with Crippen LogP contribution in [0.5, 0.6) is 0 Å². The maximum atomic E-state index is 11.6. The fraction of sp³-hybridized carbons (Fsp3) is 0.538. The summed E-state index contributed by atoms with van der Waals surface area (Å²) in [6.07, 6.45) is 3.92. The van der Waals surface area contributed by atoms with Gasteiger partial charge in [-0.15, -0.1) is 0 Å². The van der Waals surface area contributed by atoms with Crippen molar-refractivity contribution in [1.29, 1.82) is 0 Å². The number of likely N-dealkylation sites (tertiary alicyclic amines) is 1. The summed E-state index contributed by atoms with van der Waals surface area (Å²) in [5.74, 6) is -0.699. The molecule has 0 amide bonds. The predicted octanol–water partition coefficient (Wildman–Crippen LogP) is 1.42. The standard InChI is InChI=1S/C13H18N2O2/c1-15-8-4-6-13(10-15,12(16)17)9-11-5-2-3-7-14-11/h2-3,5,7H,4,6,8-10H2,1H3,(H,16,17). The monoisotopic (exact) mass is 234 g/mol. The second-order valence-corrected chi connectivity index (χ2v) is 4.92. The van der Waals surface area contributed by atoms with E-state index in [0.29, 0.717) is 13.0 Å². The highest BCUT2D eigenvalue weighted by atomic mass is 16.4. The van der Waals surface area contributed by atoms with Crippen molar-refractivity contribution in [2.75, 3.05) is 20.1 Å². The molecule has 1 unspecified atom stereocenters. The third-order valence-corrected chi connectivity index (χ3v) is 3.47. The van der Waals surface area contributed by atoms with Gasteiger partial charge in [0.25, 0.3) is 0 Å². The molecule has 2 rings (SSSR count).